The van der Waals surface area contributed by atoms with E-state index in [-0.39, 0.29) is 21.0 Å². The van der Waals surface area contributed by atoms with Crippen molar-refractivity contribution in [2.75, 3.05) is 13.7 Å². The molecule has 0 amide bonds. The fraction of sp³-hybridized carbons (Fsp3) is 0.750. The van der Waals surface area contributed by atoms with Gasteiger partial charge in [0.1, 0.15) is 6.61 Å². The molecule has 0 aromatic carbocycles. The van der Waals surface area contributed by atoms with Crippen LogP contribution in [0.3, 0.4) is 0 Å². The van der Waals surface area contributed by atoms with Crippen molar-refractivity contribution >= 4 is 8.96 Å². The van der Waals surface area contributed by atoms with Crippen molar-refractivity contribution in [2.24, 2.45) is 0 Å². The Hall–Kier alpha value is -1.16. The summed E-state index contributed by atoms with van der Waals surface area (Å²) in [7, 11) is 1.06. The third-order valence-corrected chi connectivity index (χ3v) is 6.01. The normalized spacial score (nSPS) is 29.0. The molecule has 1 aliphatic heterocycles. The lowest BCUT2D eigenvalue weighted by atomic mass is 10.1. The predicted octanol–water partition coefficient (Wildman–Crippen LogP) is 0.751. The number of rotatable bonds is 8. The van der Waals surface area contributed by atoms with E-state index in [9.17, 15) is 14.7 Å². The first-order chi connectivity index (χ1) is 12.7. The van der Waals surface area contributed by atoms with Crippen LogP contribution in [0, 0.1) is 0 Å². The number of alkyl halides is 1. The molecule has 0 spiro atoms. The average molecular weight is 407 g/mol. The molecular weight excluding hydrogens is 380 g/mol. The van der Waals surface area contributed by atoms with E-state index in [1.165, 1.54) is 7.11 Å². The molecule has 1 fully saturated rings. The summed E-state index contributed by atoms with van der Waals surface area (Å²) in [5, 5.41) is 9.81. The second-order valence-corrected chi connectivity index (χ2v) is 7.80. The van der Waals surface area contributed by atoms with E-state index < -0.39 is 42.1 Å². The van der Waals surface area contributed by atoms with Crippen LogP contribution >= 0.6 is 8.96 Å². The first-order valence-corrected chi connectivity index (χ1v) is 9.51. The van der Waals surface area contributed by atoms with E-state index >= 15 is 4.39 Å². The fourth-order valence-electron chi connectivity index (χ4n) is 3.00. The summed E-state index contributed by atoms with van der Waals surface area (Å²) in [4.78, 5) is 25.3. The van der Waals surface area contributed by atoms with Crippen LogP contribution in [0.2, 0.25) is 0 Å². The van der Waals surface area contributed by atoms with E-state index in [4.69, 9.17) is 14.0 Å². The zero-order valence-electron chi connectivity index (χ0n) is 16.0. The van der Waals surface area contributed by atoms with Gasteiger partial charge in [-0.05, 0) is 27.7 Å². The molecular formula is C16H27FN3O6P. The third-order valence-electron chi connectivity index (χ3n) is 4.40. The Labute approximate surface area is 158 Å². The van der Waals surface area contributed by atoms with Crippen molar-refractivity contribution in [1.29, 1.82) is 0 Å². The topological polar surface area (TPSA) is 106 Å². The molecule has 1 aromatic heterocycles. The summed E-state index contributed by atoms with van der Waals surface area (Å²) in [6.45, 7) is 7.30. The number of aliphatic hydroxyl groups excluding tert-OH is 1. The highest BCUT2D eigenvalue weighted by Crippen LogP contribution is 2.44. The quantitative estimate of drug-likeness (QED) is 0.613. The lowest BCUT2D eigenvalue weighted by Gasteiger charge is -2.34. The summed E-state index contributed by atoms with van der Waals surface area (Å²) in [5.74, 6) is -1.77. The van der Waals surface area contributed by atoms with Crippen LogP contribution in [-0.2, 0) is 14.0 Å². The first-order valence-electron chi connectivity index (χ1n) is 8.66. The Kier molecular flexibility index (Phi) is 7.29. The highest BCUT2D eigenvalue weighted by molar-refractivity contribution is 7.29. The second-order valence-electron chi connectivity index (χ2n) is 6.87. The van der Waals surface area contributed by atoms with Gasteiger partial charge >= 0.3 is 5.69 Å². The average Bonchev–Trinajstić information content (AvgIpc) is 2.87. The highest BCUT2D eigenvalue weighted by Gasteiger charge is 2.58. The number of hydrogen-bond donors (Lipinski definition) is 2. The van der Waals surface area contributed by atoms with Gasteiger partial charge in [-0.2, -0.15) is 0 Å². The number of H-pyrrole nitrogens is 1. The minimum absolute atomic E-state index is 0.160. The van der Waals surface area contributed by atoms with Crippen LogP contribution in [-0.4, -0.2) is 63.2 Å². The lowest BCUT2D eigenvalue weighted by Crippen LogP contribution is -2.48. The molecule has 2 unspecified atom stereocenters. The number of halogens is 1. The minimum atomic E-state index is -1.81. The van der Waals surface area contributed by atoms with E-state index in [0.29, 0.717) is 0 Å². The zero-order valence-corrected chi connectivity index (χ0v) is 17.0. The maximum absolute atomic E-state index is 15.2. The van der Waals surface area contributed by atoms with Gasteiger partial charge in [0.05, 0.1) is 8.96 Å². The number of ether oxygens (including phenoxy) is 2. The molecule has 2 heterocycles. The smallest absolute Gasteiger partial charge is 0.330 e. The number of aromatic nitrogens is 2. The Morgan fingerprint density at radius 3 is 2.52 bits per heavy atom. The van der Waals surface area contributed by atoms with Gasteiger partial charge in [0.2, 0.25) is 5.79 Å². The molecule has 2 N–H and O–H groups in total. The summed E-state index contributed by atoms with van der Waals surface area (Å²) in [6, 6.07) is 1.40. The number of nitrogens with one attached hydrogen (secondary N) is 1. The maximum atomic E-state index is 15.2. The molecule has 0 bridgehead atoms. The van der Waals surface area contributed by atoms with Crippen molar-refractivity contribution in [3.05, 3.63) is 33.1 Å². The van der Waals surface area contributed by atoms with E-state index in [1.54, 1.807) is 0 Å². The fourth-order valence-corrected chi connectivity index (χ4v) is 3.97. The van der Waals surface area contributed by atoms with Crippen LogP contribution in [0.1, 0.15) is 33.9 Å². The number of aliphatic hydroxyl groups is 1. The second kappa shape index (κ2) is 8.89. The molecule has 1 aliphatic rings. The van der Waals surface area contributed by atoms with Crippen molar-refractivity contribution in [1.82, 2.24) is 14.2 Å². The van der Waals surface area contributed by atoms with Gasteiger partial charge in [-0.1, -0.05) is 0 Å². The Morgan fingerprint density at radius 2 is 2.04 bits per heavy atom. The Bertz CT molecular complexity index is 727. The number of aromatic amines is 1. The number of hydrogen-bond acceptors (Lipinski definition) is 7. The molecule has 2 rings (SSSR count). The minimum Gasteiger partial charge on any atom is -0.391 e. The van der Waals surface area contributed by atoms with Gasteiger partial charge < -0.3 is 19.1 Å². The SMILES string of the molecule is CO[C@]1(CO)O[C@@H](n2ccc(=O)[nH]c2=O)[C@@H](F)C1OPN(C(C)C)C(C)C. The van der Waals surface area contributed by atoms with Gasteiger partial charge in [-0.25, -0.2) is 9.18 Å². The van der Waals surface area contributed by atoms with Gasteiger partial charge in [0, 0.05) is 31.5 Å². The largest absolute Gasteiger partial charge is 0.391 e. The standard InChI is InChI=1S/C16H27FN3O6P/c1-9(2)20(10(3)4)27-26-13-12(17)14(25-16(13,8-21)24-5)19-7-6-11(22)18-15(19)23/h6-7,9-10,12-14,21,27H,8H2,1-5H3,(H,18,22,23)/t12-,13?,14+,16+/m0/s1. The molecule has 0 radical (unpaired) electrons. The zero-order chi connectivity index (χ0) is 20.4. The molecule has 5 atom stereocenters. The molecule has 1 saturated heterocycles. The van der Waals surface area contributed by atoms with E-state index in [2.05, 4.69) is 0 Å². The van der Waals surface area contributed by atoms with Crippen LogP contribution in [0.15, 0.2) is 21.9 Å². The van der Waals surface area contributed by atoms with Gasteiger partial charge in [-0.3, -0.25) is 19.0 Å². The van der Waals surface area contributed by atoms with Crippen LogP contribution < -0.4 is 11.2 Å². The van der Waals surface area contributed by atoms with Crippen molar-refractivity contribution < 1.29 is 23.5 Å². The van der Waals surface area contributed by atoms with Crippen LogP contribution in [0.5, 0.6) is 0 Å². The van der Waals surface area contributed by atoms with Gasteiger partial charge in [0.15, 0.2) is 18.5 Å². The van der Waals surface area contributed by atoms with Gasteiger partial charge in [0.25, 0.3) is 5.56 Å². The summed E-state index contributed by atoms with van der Waals surface area (Å²) < 4.78 is 34.8. The Morgan fingerprint density at radius 1 is 1.41 bits per heavy atom. The molecule has 0 aliphatic carbocycles. The molecule has 9 nitrogen and oxygen atoms in total. The summed E-state index contributed by atoms with van der Waals surface area (Å²) in [5.41, 5.74) is -1.43. The van der Waals surface area contributed by atoms with Gasteiger partial charge in [-0.15, -0.1) is 0 Å². The van der Waals surface area contributed by atoms with Crippen molar-refractivity contribution in [2.45, 2.75) is 64.1 Å². The summed E-state index contributed by atoms with van der Waals surface area (Å²) >= 11 is 0. The predicted molar refractivity (Wildman–Crippen MR) is 98.5 cm³/mol. The number of methoxy groups -OCH3 is 1. The first kappa shape index (κ1) is 22.1. The monoisotopic (exact) mass is 407 g/mol. The Balaban J connectivity index is 2.31. The third kappa shape index (κ3) is 4.47. The molecule has 1 aromatic rings. The highest BCUT2D eigenvalue weighted by atomic mass is 31.1. The van der Waals surface area contributed by atoms with E-state index in [1.807, 2.05) is 37.3 Å². The molecule has 0 saturated carbocycles. The van der Waals surface area contributed by atoms with Crippen LogP contribution in [0.25, 0.3) is 0 Å². The summed E-state index contributed by atoms with van der Waals surface area (Å²) in [6.07, 6.45) is -3.36. The molecule has 27 heavy (non-hydrogen) atoms. The van der Waals surface area contributed by atoms with E-state index in [0.717, 1.165) is 16.8 Å². The van der Waals surface area contributed by atoms with Crippen molar-refractivity contribution in [3.8, 4) is 0 Å². The number of nitrogens with zero attached hydrogens (tertiary/aromatic N) is 2. The molecule has 11 heteroatoms. The lowest BCUT2D eigenvalue weighted by molar-refractivity contribution is -0.265. The van der Waals surface area contributed by atoms with Crippen LogP contribution in [0.4, 0.5) is 4.39 Å². The van der Waals surface area contributed by atoms with Crippen molar-refractivity contribution in [3.63, 3.8) is 0 Å². The maximum Gasteiger partial charge on any atom is 0.330 e. The molecule has 154 valence electrons.